The van der Waals surface area contributed by atoms with Gasteiger partial charge in [0.05, 0.1) is 0 Å². The van der Waals surface area contributed by atoms with E-state index in [1.165, 1.54) is 4.57 Å². The Morgan fingerprint density at radius 1 is 1.30 bits per heavy atom. The molecular formula is C12H15ClN4O2S. The number of aryl methyl sites for hydroxylation is 1. The summed E-state index contributed by atoms with van der Waals surface area (Å²) in [5.41, 5.74) is 1.61. The summed E-state index contributed by atoms with van der Waals surface area (Å²) in [5, 5.41) is 13.2. The van der Waals surface area contributed by atoms with E-state index in [1.807, 2.05) is 26.8 Å². The topological polar surface area (TPSA) is 90.9 Å². The molecule has 1 aromatic heterocycles. The van der Waals surface area contributed by atoms with Gasteiger partial charge in [0.1, 0.15) is 0 Å². The van der Waals surface area contributed by atoms with Gasteiger partial charge in [0, 0.05) is 16.6 Å². The van der Waals surface area contributed by atoms with Crippen LogP contribution in [0.3, 0.4) is 0 Å². The fourth-order valence-electron chi connectivity index (χ4n) is 1.92. The average molecular weight is 315 g/mol. The van der Waals surface area contributed by atoms with E-state index in [9.17, 15) is 8.42 Å². The molecule has 2 N–H and O–H groups in total. The molecule has 0 aliphatic carbocycles. The quantitative estimate of drug-likeness (QED) is 0.939. The minimum atomic E-state index is -3.92. The molecular weight excluding hydrogens is 300 g/mol. The van der Waals surface area contributed by atoms with Crippen LogP contribution in [0.5, 0.6) is 0 Å². The second-order valence-corrected chi connectivity index (χ2v) is 6.64. The van der Waals surface area contributed by atoms with Crippen molar-refractivity contribution >= 4 is 21.6 Å². The summed E-state index contributed by atoms with van der Waals surface area (Å²) in [4.78, 5) is 0. The van der Waals surface area contributed by atoms with Gasteiger partial charge in [-0.15, -0.1) is 10.2 Å². The van der Waals surface area contributed by atoms with Crippen LogP contribution in [0.4, 0.5) is 0 Å². The fraction of sp³-hybridized carbons (Fsp3) is 0.333. The number of hydrogen-bond donors (Lipinski definition) is 1. The second kappa shape index (κ2) is 5.16. The Balaban J connectivity index is 2.69. The van der Waals surface area contributed by atoms with Crippen molar-refractivity contribution in [1.82, 2.24) is 14.8 Å². The molecule has 0 atom stereocenters. The van der Waals surface area contributed by atoms with E-state index in [-0.39, 0.29) is 11.2 Å². The molecule has 2 aromatic rings. The van der Waals surface area contributed by atoms with Crippen molar-refractivity contribution < 1.29 is 8.42 Å². The molecule has 0 radical (unpaired) electrons. The van der Waals surface area contributed by atoms with Crippen molar-refractivity contribution in [3.05, 3.63) is 28.8 Å². The van der Waals surface area contributed by atoms with E-state index in [1.54, 1.807) is 12.1 Å². The molecule has 0 aliphatic rings. The molecule has 1 heterocycles. The van der Waals surface area contributed by atoms with E-state index < -0.39 is 10.0 Å². The standard InChI is InChI=1S/C12H15ClN4O2S/c1-7(2)17-11(15-16-12(17)20(14,18)19)9-4-5-10(13)8(3)6-9/h4-7H,1-3H3,(H2,14,18,19). The lowest BCUT2D eigenvalue weighted by molar-refractivity contribution is 0.524. The minimum Gasteiger partial charge on any atom is -0.294 e. The third-order valence-corrected chi connectivity index (χ3v) is 4.06. The minimum absolute atomic E-state index is 0.149. The molecule has 0 saturated heterocycles. The molecule has 6 nitrogen and oxygen atoms in total. The maximum atomic E-state index is 11.6. The Labute approximate surface area is 122 Å². The van der Waals surface area contributed by atoms with Crippen molar-refractivity contribution in [3.63, 3.8) is 0 Å². The highest BCUT2D eigenvalue weighted by Gasteiger charge is 2.23. The third kappa shape index (κ3) is 2.70. The molecule has 0 aliphatic heterocycles. The molecule has 0 saturated carbocycles. The number of nitrogens with two attached hydrogens (primary N) is 1. The van der Waals surface area contributed by atoms with Gasteiger partial charge >= 0.3 is 0 Å². The van der Waals surface area contributed by atoms with Crippen molar-refractivity contribution in [2.45, 2.75) is 32.0 Å². The second-order valence-electron chi connectivity index (χ2n) is 4.78. The average Bonchev–Trinajstić information content (AvgIpc) is 2.77. The molecule has 1 aromatic carbocycles. The number of hydrogen-bond acceptors (Lipinski definition) is 4. The first kappa shape index (κ1) is 15.0. The van der Waals surface area contributed by atoms with Crippen LogP contribution in [0.2, 0.25) is 5.02 Å². The Bertz CT molecular complexity index is 753. The van der Waals surface area contributed by atoms with Crippen molar-refractivity contribution in [3.8, 4) is 11.4 Å². The largest absolute Gasteiger partial charge is 0.294 e. The van der Waals surface area contributed by atoms with Crippen LogP contribution in [0.1, 0.15) is 25.5 Å². The SMILES string of the molecule is Cc1cc(-c2nnc(S(N)(=O)=O)n2C(C)C)ccc1Cl. The lowest BCUT2D eigenvalue weighted by Gasteiger charge is -2.13. The molecule has 0 amide bonds. The summed E-state index contributed by atoms with van der Waals surface area (Å²) in [6.45, 7) is 5.54. The predicted molar refractivity (Wildman–Crippen MR) is 77.0 cm³/mol. The van der Waals surface area contributed by atoms with Gasteiger partial charge in [-0.25, -0.2) is 13.6 Å². The highest BCUT2D eigenvalue weighted by atomic mass is 35.5. The van der Waals surface area contributed by atoms with Crippen LogP contribution < -0.4 is 5.14 Å². The first-order valence-corrected chi connectivity index (χ1v) is 7.88. The molecule has 0 fully saturated rings. The van der Waals surface area contributed by atoms with Crippen LogP contribution in [0.15, 0.2) is 23.4 Å². The summed E-state index contributed by atoms with van der Waals surface area (Å²) in [6.07, 6.45) is 0. The van der Waals surface area contributed by atoms with Gasteiger partial charge in [0.2, 0.25) is 0 Å². The number of nitrogens with zero attached hydrogens (tertiary/aromatic N) is 3. The highest BCUT2D eigenvalue weighted by molar-refractivity contribution is 7.89. The van der Waals surface area contributed by atoms with Gasteiger partial charge in [-0.2, -0.15) is 0 Å². The Hall–Kier alpha value is -1.44. The zero-order valence-corrected chi connectivity index (χ0v) is 12.9. The van der Waals surface area contributed by atoms with Crippen molar-refractivity contribution in [2.24, 2.45) is 5.14 Å². The van der Waals surface area contributed by atoms with E-state index >= 15 is 0 Å². The highest BCUT2D eigenvalue weighted by Crippen LogP contribution is 2.27. The predicted octanol–water partition coefficient (Wildman–Crippen LogP) is 2.14. The van der Waals surface area contributed by atoms with Gasteiger partial charge in [-0.1, -0.05) is 11.6 Å². The first-order valence-electron chi connectivity index (χ1n) is 5.96. The van der Waals surface area contributed by atoms with Gasteiger partial charge in [-0.05, 0) is 44.5 Å². The number of sulfonamides is 1. The van der Waals surface area contributed by atoms with Gasteiger partial charge in [-0.3, -0.25) is 4.57 Å². The monoisotopic (exact) mass is 314 g/mol. The lowest BCUT2D eigenvalue weighted by Crippen LogP contribution is -2.20. The smallest absolute Gasteiger partial charge is 0.273 e. The Morgan fingerprint density at radius 2 is 1.95 bits per heavy atom. The maximum absolute atomic E-state index is 11.6. The zero-order valence-electron chi connectivity index (χ0n) is 11.3. The van der Waals surface area contributed by atoms with E-state index in [2.05, 4.69) is 10.2 Å². The summed E-state index contributed by atoms with van der Waals surface area (Å²) < 4.78 is 24.6. The fourth-order valence-corrected chi connectivity index (χ4v) is 2.76. The van der Waals surface area contributed by atoms with Gasteiger partial charge < -0.3 is 0 Å². The van der Waals surface area contributed by atoms with Gasteiger partial charge in [0.15, 0.2) is 5.82 Å². The molecule has 20 heavy (non-hydrogen) atoms. The van der Waals surface area contributed by atoms with E-state index in [4.69, 9.17) is 16.7 Å². The van der Waals surface area contributed by atoms with E-state index in [0.717, 1.165) is 11.1 Å². The van der Waals surface area contributed by atoms with Crippen LogP contribution in [-0.4, -0.2) is 23.2 Å². The summed E-state index contributed by atoms with van der Waals surface area (Å²) in [6, 6.07) is 5.19. The maximum Gasteiger partial charge on any atom is 0.273 e. The number of benzene rings is 1. The number of aromatic nitrogens is 3. The van der Waals surface area contributed by atoms with Crippen LogP contribution in [0, 0.1) is 6.92 Å². The zero-order chi connectivity index (χ0) is 15.1. The van der Waals surface area contributed by atoms with Gasteiger partial charge in [0.25, 0.3) is 15.2 Å². The molecule has 2 rings (SSSR count). The molecule has 0 bridgehead atoms. The molecule has 8 heteroatoms. The van der Waals surface area contributed by atoms with Crippen molar-refractivity contribution in [1.29, 1.82) is 0 Å². The molecule has 0 unspecified atom stereocenters. The third-order valence-electron chi connectivity index (χ3n) is 2.85. The summed E-state index contributed by atoms with van der Waals surface area (Å²) in [7, 11) is -3.92. The molecule has 108 valence electrons. The lowest BCUT2D eigenvalue weighted by atomic mass is 10.1. The van der Waals surface area contributed by atoms with Crippen LogP contribution in [0.25, 0.3) is 11.4 Å². The summed E-state index contributed by atoms with van der Waals surface area (Å²) in [5.74, 6) is 0.448. The number of rotatable bonds is 3. The number of primary sulfonamides is 1. The molecule has 0 spiro atoms. The Kier molecular flexibility index (Phi) is 3.86. The van der Waals surface area contributed by atoms with Crippen LogP contribution in [-0.2, 0) is 10.0 Å². The Morgan fingerprint density at radius 3 is 2.45 bits per heavy atom. The van der Waals surface area contributed by atoms with Crippen molar-refractivity contribution in [2.75, 3.05) is 0 Å². The first-order chi connectivity index (χ1) is 9.21. The van der Waals surface area contributed by atoms with E-state index in [0.29, 0.717) is 10.8 Å². The normalized spacial score (nSPS) is 12.1. The number of halogens is 1. The van der Waals surface area contributed by atoms with Crippen LogP contribution >= 0.6 is 11.6 Å². The summed E-state index contributed by atoms with van der Waals surface area (Å²) >= 11 is 5.99.